The van der Waals surface area contributed by atoms with Gasteiger partial charge in [-0.05, 0) is 65.7 Å². The smallest absolute Gasteiger partial charge is 0.305 e. The lowest BCUT2D eigenvalue weighted by Gasteiger charge is -2.30. The molecule has 0 spiro atoms. The molecule has 1 N–H and O–H groups in total. The summed E-state index contributed by atoms with van der Waals surface area (Å²) < 4.78 is 16.9. The van der Waals surface area contributed by atoms with E-state index < -0.39 is 5.79 Å². The van der Waals surface area contributed by atoms with Crippen LogP contribution in [0.3, 0.4) is 0 Å². The highest BCUT2D eigenvalue weighted by Gasteiger charge is 2.25. The Morgan fingerprint density at radius 2 is 1.41 bits per heavy atom. The minimum Gasteiger partial charge on any atom is -0.466 e. The van der Waals surface area contributed by atoms with Crippen LogP contribution in [0.5, 0.6) is 0 Å². The summed E-state index contributed by atoms with van der Waals surface area (Å²) >= 11 is 0. The van der Waals surface area contributed by atoms with Crippen LogP contribution >= 0.6 is 0 Å². The third kappa shape index (κ3) is 22.9. The minimum absolute atomic E-state index is 0.106. The van der Waals surface area contributed by atoms with Gasteiger partial charge >= 0.3 is 5.97 Å². The third-order valence-corrected chi connectivity index (χ3v) is 6.07. The highest BCUT2D eigenvalue weighted by molar-refractivity contribution is 5.69. The van der Waals surface area contributed by atoms with Gasteiger partial charge in [0.2, 0.25) is 0 Å². The second kappa shape index (κ2) is 23.8. The lowest BCUT2D eigenvalue weighted by atomic mass is 10.1. The Morgan fingerprint density at radius 3 is 2.00 bits per heavy atom. The van der Waals surface area contributed by atoms with Crippen LogP contribution in [-0.4, -0.2) is 42.8 Å². The highest BCUT2D eigenvalue weighted by Crippen LogP contribution is 2.20. The van der Waals surface area contributed by atoms with E-state index in [0.29, 0.717) is 45.5 Å². The van der Waals surface area contributed by atoms with Gasteiger partial charge in [-0.1, -0.05) is 70.4 Å². The molecule has 5 heteroatoms. The molecule has 0 aliphatic heterocycles. The normalized spacial score (nSPS) is 14.4. The Kier molecular flexibility index (Phi) is 23.2. The van der Waals surface area contributed by atoms with Crippen molar-refractivity contribution in [2.24, 2.45) is 0 Å². The molecule has 0 radical (unpaired) electrons. The van der Waals surface area contributed by atoms with Crippen molar-refractivity contribution in [2.45, 2.75) is 149 Å². The fraction of sp³-hybridized carbons (Fsp3) is 0.897. The van der Waals surface area contributed by atoms with E-state index in [4.69, 9.17) is 14.2 Å². The monoisotopic (exact) mass is 484 g/mol. The molecule has 0 aliphatic carbocycles. The number of allylic oxidation sites excluding steroid dienone is 2. The number of unbranched alkanes of at least 4 members (excludes halogenated alkanes) is 11. The Balaban J connectivity index is 3.58. The summed E-state index contributed by atoms with van der Waals surface area (Å²) in [4.78, 5) is 12.0. The number of esters is 1. The lowest BCUT2D eigenvalue weighted by Crippen LogP contribution is -2.34. The van der Waals surface area contributed by atoms with E-state index in [1.165, 1.54) is 70.6 Å². The zero-order chi connectivity index (χ0) is 25.3. The lowest BCUT2D eigenvalue weighted by molar-refractivity contribution is -0.230. The van der Waals surface area contributed by atoms with Gasteiger partial charge in [0.05, 0.1) is 19.3 Å². The van der Waals surface area contributed by atoms with Crippen LogP contribution in [0.15, 0.2) is 12.2 Å². The van der Waals surface area contributed by atoms with E-state index in [2.05, 4.69) is 19.1 Å². The van der Waals surface area contributed by atoms with Gasteiger partial charge < -0.3 is 19.3 Å². The molecular weight excluding hydrogens is 428 g/mol. The molecule has 0 aliphatic rings. The van der Waals surface area contributed by atoms with Crippen molar-refractivity contribution < 1.29 is 24.1 Å². The number of carbonyl (C=O) groups excluding carboxylic acids is 1. The van der Waals surface area contributed by atoms with Crippen molar-refractivity contribution in [3.05, 3.63) is 12.2 Å². The Labute approximate surface area is 211 Å². The third-order valence-electron chi connectivity index (χ3n) is 6.07. The van der Waals surface area contributed by atoms with Crippen molar-refractivity contribution in [3.63, 3.8) is 0 Å². The standard InChI is InChI=1S/C29H56O5/c1-5-7-8-9-10-11-12-13-14-15-16-17-18-19-20-22-28(31)32-25-21-24-29(4,33-6-2)34-26-23-27(3)30/h13-14,27,30H,5-12,15-26H2,1-4H3/b14-13-. The molecule has 0 aromatic heterocycles. The maximum absolute atomic E-state index is 12.0. The highest BCUT2D eigenvalue weighted by atomic mass is 16.7. The van der Waals surface area contributed by atoms with Gasteiger partial charge in [0, 0.05) is 19.4 Å². The van der Waals surface area contributed by atoms with Crippen LogP contribution < -0.4 is 0 Å². The van der Waals surface area contributed by atoms with Gasteiger partial charge in [0.15, 0.2) is 5.79 Å². The second-order valence-corrected chi connectivity index (χ2v) is 9.71. The van der Waals surface area contributed by atoms with Gasteiger partial charge in [-0.3, -0.25) is 4.79 Å². The van der Waals surface area contributed by atoms with E-state index in [0.717, 1.165) is 12.8 Å². The topological polar surface area (TPSA) is 65.0 Å². The summed E-state index contributed by atoms with van der Waals surface area (Å²) in [5, 5.41) is 9.38. The average molecular weight is 485 g/mol. The van der Waals surface area contributed by atoms with Gasteiger partial charge in [-0.15, -0.1) is 0 Å². The Morgan fingerprint density at radius 1 is 0.824 bits per heavy atom. The molecule has 0 rings (SSSR count). The predicted octanol–water partition coefficient (Wildman–Crippen LogP) is 7.89. The molecule has 0 saturated carbocycles. The molecular formula is C29H56O5. The quantitative estimate of drug-likeness (QED) is 0.0617. The van der Waals surface area contributed by atoms with Crippen molar-refractivity contribution in [1.82, 2.24) is 0 Å². The molecule has 0 aromatic carbocycles. The Bertz CT molecular complexity index is 477. The number of hydrogen-bond acceptors (Lipinski definition) is 5. The van der Waals surface area contributed by atoms with E-state index in [1.54, 1.807) is 6.92 Å². The average Bonchev–Trinajstić information content (AvgIpc) is 2.79. The van der Waals surface area contributed by atoms with Crippen molar-refractivity contribution in [3.8, 4) is 0 Å². The van der Waals surface area contributed by atoms with Gasteiger partial charge in [-0.25, -0.2) is 0 Å². The van der Waals surface area contributed by atoms with E-state index >= 15 is 0 Å². The first-order valence-corrected chi connectivity index (χ1v) is 14.2. The van der Waals surface area contributed by atoms with E-state index in [9.17, 15) is 9.90 Å². The molecule has 0 fully saturated rings. The number of aliphatic hydroxyl groups excluding tert-OH is 1. The number of hydrogen-bond donors (Lipinski definition) is 1. The maximum atomic E-state index is 12.0. The van der Waals surface area contributed by atoms with Crippen LogP contribution in [0.1, 0.15) is 137 Å². The molecule has 5 nitrogen and oxygen atoms in total. The number of aliphatic hydroxyl groups is 1. The first-order valence-electron chi connectivity index (χ1n) is 14.2. The summed E-state index contributed by atoms with van der Waals surface area (Å²) in [6.07, 6.45) is 23.0. The van der Waals surface area contributed by atoms with Crippen LogP contribution in [0.4, 0.5) is 0 Å². The molecule has 2 unspecified atom stereocenters. The summed E-state index contributed by atoms with van der Waals surface area (Å²) in [7, 11) is 0. The summed E-state index contributed by atoms with van der Waals surface area (Å²) in [5.41, 5.74) is 0. The number of rotatable bonds is 25. The SMILES string of the molecule is CCCCCCCC/C=C\CCCCCCCC(=O)OCCCC(C)(OCC)OCCC(C)O. The maximum Gasteiger partial charge on any atom is 0.305 e. The summed E-state index contributed by atoms with van der Waals surface area (Å²) in [6.45, 7) is 9.25. The summed E-state index contributed by atoms with van der Waals surface area (Å²) in [5.74, 6) is -0.801. The molecule has 202 valence electrons. The van der Waals surface area contributed by atoms with E-state index in [-0.39, 0.29) is 12.1 Å². The van der Waals surface area contributed by atoms with Crippen molar-refractivity contribution in [2.75, 3.05) is 19.8 Å². The van der Waals surface area contributed by atoms with Crippen LogP contribution in [0.25, 0.3) is 0 Å². The largest absolute Gasteiger partial charge is 0.466 e. The van der Waals surface area contributed by atoms with Gasteiger partial charge in [0.25, 0.3) is 0 Å². The molecule has 2 atom stereocenters. The minimum atomic E-state index is -0.695. The molecule has 0 heterocycles. The zero-order valence-corrected chi connectivity index (χ0v) is 23.0. The molecule has 0 bridgehead atoms. The summed E-state index contributed by atoms with van der Waals surface area (Å²) in [6, 6.07) is 0. The van der Waals surface area contributed by atoms with E-state index in [1.807, 2.05) is 13.8 Å². The predicted molar refractivity (Wildman–Crippen MR) is 142 cm³/mol. The fourth-order valence-corrected chi connectivity index (χ4v) is 3.93. The Hall–Kier alpha value is -0.910. The molecule has 0 aromatic rings. The van der Waals surface area contributed by atoms with Gasteiger partial charge in [-0.2, -0.15) is 0 Å². The zero-order valence-electron chi connectivity index (χ0n) is 23.0. The van der Waals surface area contributed by atoms with Crippen molar-refractivity contribution >= 4 is 5.97 Å². The fourth-order valence-electron chi connectivity index (χ4n) is 3.93. The first-order chi connectivity index (χ1) is 16.4. The van der Waals surface area contributed by atoms with Crippen LogP contribution in [0.2, 0.25) is 0 Å². The van der Waals surface area contributed by atoms with Crippen molar-refractivity contribution in [1.29, 1.82) is 0 Å². The van der Waals surface area contributed by atoms with Crippen LogP contribution in [0, 0.1) is 0 Å². The molecule has 0 amide bonds. The second-order valence-electron chi connectivity index (χ2n) is 9.71. The first kappa shape index (κ1) is 33.1. The number of carbonyl (C=O) groups is 1. The molecule has 0 saturated heterocycles. The van der Waals surface area contributed by atoms with Gasteiger partial charge in [0.1, 0.15) is 0 Å². The van der Waals surface area contributed by atoms with Crippen LogP contribution in [-0.2, 0) is 19.0 Å². The number of ether oxygens (including phenoxy) is 3. The molecule has 34 heavy (non-hydrogen) atoms.